The summed E-state index contributed by atoms with van der Waals surface area (Å²) in [5.41, 5.74) is 0.0667. The molecule has 136 valence electrons. The summed E-state index contributed by atoms with van der Waals surface area (Å²) < 4.78 is 28.5. The maximum absolute atomic E-state index is 12.8. The van der Waals surface area contributed by atoms with E-state index in [1.165, 1.54) is 43.5 Å². The zero-order chi connectivity index (χ0) is 17.8. The first-order valence-corrected chi connectivity index (χ1v) is 10.6. The average molecular weight is 363 g/mol. The third-order valence-electron chi connectivity index (χ3n) is 6.73. The van der Waals surface area contributed by atoms with Crippen LogP contribution in [0.2, 0.25) is 0 Å². The lowest BCUT2D eigenvalue weighted by atomic mass is 9.48. The fraction of sp³-hybridized carbons (Fsp3) is 0.632. The molecule has 0 unspecified atom stereocenters. The van der Waals surface area contributed by atoms with E-state index in [-0.39, 0.29) is 21.9 Å². The van der Waals surface area contributed by atoms with Crippen molar-refractivity contribution in [2.24, 2.45) is 23.2 Å². The highest BCUT2D eigenvalue weighted by molar-refractivity contribution is 7.89. The number of aromatic carboxylic acids is 1. The topological polar surface area (TPSA) is 83.5 Å². The molecule has 0 saturated heterocycles. The highest BCUT2D eigenvalue weighted by Gasteiger charge is 2.53. The lowest BCUT2D eigenvalue weighted by Gasteiger charge is -2.59. The van der Waals surface area contributed by atoms with Crippen molar-refractivity contribution in [1.82, 2.24) is 4.72 Å². The van der Waals surface area contributed by atoms with Crippen LogP contribution < -0.4 is 4.72 Å². The number of hydrogen-bond acceptors (Lipinski definition) is 3. The zero-order valence-corrected chi connectivity index (χ0v) is 15.3. The van der Waals surface area contributed by atoms with Crippen LogP contribution in [-0.4, -0.2) is 25.5 Å². The third-order valence-corrected chi connectivity index (χ3v) is 8.27. The second-order valence-corrected chi connectivity index (χ2v) is 10.2. The van der Waals surface area contributed by atoms with Gasteiger partial charge >= 0.3 is 5.97 Å². The molecule has 0 amide bonds. The molecule has 5 rings (SSSR count). The van der Waals surface area contributed by atoms with Crippen LogP contribution in [-0.2, 0) is 10.0 Å². The number of sulfonamides is 1. The predicted molar refractivity (Wildman–Crippen MR) is 93.8 cm³/mol. The van der Waals surface area contributed by atoms with E-state index in [9.17, 15) is 13.2 Å². The number of carboxylic acid groups (broad SMARTS) is 1. The van der Waals surface area contributed by atoms with Gasteiger partial charge in [-0.05, 0) is 86.8 Å². The molecule has 4 aliphatic carbocycles. The molecule has 5 nitrogen and oxygen atoms in total. The minimum Gasteiger partial charge on any atom is -0.478 e. The van der Waals surface area contributed by atoms with Gasteiger partial charge in [-0.1, -0.05) is 6.07 Å². The van der Waals surface area contributed by atoms with Gasteiger partial charge in [0, 0.05) is 6.04 Å². The summed E-state index contributed by atoms with van der Waals surface area (Å²) in [6, 6.07) is 5.45. The molecular weight excluding hydrogens is 338 g/mol. The van der Waals surface area contributed by atoms with E-state index in [1.54, 1.807) is 0 Å². The van der Waals surface area contributed by atoms with Crippen molar-refractivity contribution in [3.05, 3.63) is 29.8 Å². The van der Waals surface area contributed by atoms with Gasteiger partial charge in [0.1, 0.15) is 0 Å². The summed E-state index contributed by atoms with van der Waals surface area (Å²) in [6.45, 7) is 1.99. The molecule has 4 bridgehead atoms. The normalized spacial score (nSPS) is 34.8. The summed E-state index contributed by atoms with van der Waals surface area (Å²) in [4.78, 5) is 11.1. The summed E-state index contributed by atoms with van der Waals surface area (Å²) in [5.74, 6) is 1.15. The molecular formula is C19H25NO4S. The van der Waals surface area contributed by atoms with E-state index in [2.05, 4.69) is 4.72 Å². The van der Waals surface area contributed by atoms with Crippen molar-refractivity contribution >= 4 is 16.0 Å². The van der Waals surface area contributed by atoms with Crippen molar-refractivity contribution in [3.63, 3.8) is 0 Å². The van der Waals surface area contributed by atoms with Crippen LogP contribution in [0.5, 0.6) is 0 Å². The molecule has 1 aromatic carbocycles. The zero-order valence-electron chi connectivity index (χ0n) is 14.4. The van der Waals surface area contributed by atoms with Crippen molar-refractivity contribution < 1.29 is 18.3 Å². The quantitative estimate of drug-likeness (QED) is 0.841. The number of nitrogens with one attached hydrogen (secondary N) is 1. The van der Waals surface area contributed by atoms with E-state index in [0.29, 0.717) is 0 Å². The van der Waals surface area contributed by atoms with Gasteiger partial charge in [-0.3, -0.25) is 0 Å². The number of benzene rings is 1. The van der Waals surface area contributed by atoms with Crippen LogP contribution in [0.4, 0.5) is 0 Å². The summed E-state index contributed by atoms with van der Waals surface area (Å²) in [7, 11) is -3.72. The molecule has 25 heavy (non-hydrogen) atoms. The van der Waals surface area contributed by atoms with Crippen molar-refractivity contribution in [3.8, 4) is 0 Å². The highest BCUT2D eigenvalue weighted by Crippen LogP contribution is 2.61. The smallest absolute Gasteiger partial charge is 0.335 e. The molecule has 1 aromatic rings. The molecule has 0 spiro atoms. The van der Waals surface area contributed by atoms with E-state index < -0.39 is 16.0 Å². The Morgan fingerprint density at radius 1 is 1.16 bits per heavy atom. The second-order valence-electron chi connectivity index (χ2n) is 8.46. The lowest BCUT2D eigenvalue weighted by molar-refractivity contribution is -0.0666. The predicted octanol–water partition coefficient (Wildman–Crippen LogP) is 3.27. The molecule has 4 fully saturated rings. The first-order valence-electron chi connectivity index (χ1n) is 9.13. The minimum atomic E-state index is -3.72. The Hall–Kier alpha value is -1.40. The van der Waals surface area contributed by atoms with Gasteiger partial charge in [-0.2, -0.15) is 0 Å². The first kappa shape index (κ1) is 17.0. The highest BCUT2D eigenvalue weighted by atomic mass is 32.2. The van der Waals surface area contributed by atoms with Crippen molar-refractivity contribution in [2.75, 3.05) is 0 Å². The number of carboxylic acids is 1. The fourth-order valence-corrected chi connectivity index (χ4v) is 7.32. The number of rotatable bonds is 5. The summed E-state index contributed by atoms with van der Waals surface area (Å²) >= 11 is 0. The van der Waals surface area contributed by atoms with Gasteiger partial charge in [0.05, 0.1) is 10.5 Å². The Morgan fingerprint density at radius 2 is 1.72 bits per heavy atom. The van der Waals surface area contributed by atoms with Crippen LogP contribution in [0.3, 0.4) is 0 Å². The Labute approximate surface area is 148 Å². The van der Waals surface area contributed by atoms with E-state index in [1.807, 2.05) is 6.92 Å². The molecule has 4 aliphatic rings. The molecule has 6 heteroatoms. The molecule has 4 saturated carbocycles. The summed E-state index contributed by atoms with van der Waals surface area (Å²) in [5, 5.41) is 9.10. The second kappa shape index (κ2) is 5.81. The molecule has 0 radical (unpaired) electrons. The van der Waals surface area contributed by atoms with E-state index in [0.717, 1.165) is 37.0 Å². The maximum Gasteiger partial charge on any atom is 0.335 e. The van der Waals surface area contributed by atoms with Gasteiger partial charge in [-0.25, -0.2) is 17.9 Å². The van der Waals surface area contributed by atoms with Gasteiger partial charge in [0.15, 0.2) is 0 Å². The van der Waals surface area contributed by atoms with Gasteiger partial charge in [0.2, 0.25) is 10.0 Å². The minimum absolute atomic E-state index is 0.00895. The van der Waals surface area contributed by atoms with Crippen molar-refractivity contribution in [1.29, 1.82) is 0 Å². The van der Waals surface area contributed by atoms with E-state index in [4.69, 9.17) is 5.11 Å². The monoisotopic (exact) mass is 363 g/mol. The molecule has 2 N–H and O–H groups in total. The van der Waals surface area contributed by atoms with Crippen molar-refractivity contribution in [2.45, 2.75) is 56.4 Å². The Bertz CT molecular complexity index is 766. The maximum atomic E-state index is 12.8. The Kier molecular flexibility index (Phi) is 3.96. The lowest BCUT2D eigenvalue weighted by Crippen LogP contribution is -2.55. The number of carbonyl (C=O) groups is 1. The van der Waals surface area contributed by atoms with Crippen LogP contribution in [0.25, 0.3) is 0 Å². The van der Waals surface area contributed by atoms with Gasteiger partial charge in [0.25, 0.3) is 0 Å². The fourth-order valence-electron chi connectivity index (χ4n) is 5.93. The SMILES string of the molecule is C[C@@H](NS(=O)(=O)c1cccc(C(=O)O)c1)C12CC3CC(CC(C3)C1)C2. The van der Waals surface area contributed by atoms with Gasteiger partial charge < -0.3 is 5.11 Å². The Morgan fingerprint density at radius 3 is 2.24 bits per heavy atom. The molecule has 0 heterocycles. The molecule has 1 atom stereocenters. The largest absolute Gasteiger partial charge is 0.478 e. The first-order chi connectivity index (χ1) is 11.8. The average Bonchev–Trinajstić information content (AvgIpc) is 2.53. The van der Waals surface area contributed by atoms with Crippen LogP contribution in [0.1, 0.15) is 55.8 Å². The van der Waals surface area contributed by atoms with Gasteiger partial charge in [-0.15, -0.1) is 0 Å². The van der Waals surface area contributed by atoms with Crippen LogP contribution in [0.15, 0.2) is 29.2 Å². The molecule has 0 aliphatic heterocycles. The third kappa shape index (κ3) is 2.99. The summed E-state index contributed by atoms with van der Waals surface area (Å²) in [6.07, 6.45) is 7.33. The van der Waals surface area contributed by atoms with Crippen LogP contribution >= 0.6 is 0 Å². The van der Waals surface area contributed by atoms with E-state index >= 15 is 0 Å². The molecule has 0 aromatic heterocycles. The Balaban J connectivity index is 1.57. The number of hydrogen-bond donors (Lipinski definition) is 2. The van der Waals surface area contributed by atoms with Crippen LogP contribution in [0, 0.1) is 23.2 Å². The standard InChI is InChI=1S/C19H25NO4S/c1-12(19-9-13-5-14(10-19)7-15(6-13)11-19)20-25(23,24)17-4-2-3-16(8-17)18(21)22/h2-4,8,12-15,20H,5-7,9-11H2,1H3,(H,21,22)/t12-,13?,14?,15?,19?/m1/s1.